The molecule has 0 aromatic carbocycles. The molecule has 0 unspecified atom stereocenters. The number of unbranched alkanes of at least 4 members (excludes halogenated alkanes) is 3. The second kappa shape index (κ2) is 13.7. The molecule has 0 N–H and O–H groups in total. The topological polar surface area (TPSA) is 130 Å². The molecule has 0 aromatic heterocycles. The van der Waals surface area contributed by atoms with Gasteiger partial charge in [-0.05, 0) is 51.4 Å². The van der Waals surface area contributed by atoms with Crippen LogP contribution in [0.5, 0.6) is 0 Å². The molecule has 0 amide bonds. The van der Waals surface area contributed by atoms with Crippen molar-refractivity contribution in [2.45, 2.75) is 102 Å². The van der Waals surface area contributed by atoms with Gasteiger partial charge in [-0.2, -0.15) is 0 Å². The van der Waals surface area contributed by atoms with E-state index in [-0.39, 0.29) is 49.6 Å². The summed E-state index contributed by atoms with van der Waals surface area (Å²) in [5.41, 5.74) is 0. The SMILES string of the molecule is CCCCOC(=O)[C@H]1C[C@@H]2O[C@@H]2C[C@H]1C(=O)OCCCCOC(=O)[C@H]1C[C@@H]2O[C@H]2C[C@H]1C(=O)OCCCC. The van der Waals surface area contributed by atoms with Crippen molar-refractivity contribution < 1.29 is 47.6 Å². The molecular formula is C28H42O10. The lowest BCUT2D eigenvalue weighted by atomic mass is 9.79. The van der Waals surface area contributed by atoms with E-state index in [0.717, 1.165) is 25.7 Å². The Balaban J connectivity index is 1.14. The van der Waals surface area contributed by atoms with E-state index in [9.17, 15) is 19.2 Å². The molecule has 2 heterocycles. The molecule has 4 fully saturated rings. The van der Waals surface area contributed by atoms with Gasteiger partial charge in [-0.1, -0.05) is 26.7 Å². The van der Waals surface area contributed by atoms with Gasteiger partial charge in [-0.25, -0.2) is 0 Å². The highest BCUT2D eigenvalue weighted by molar-refractivity contribution is 5.83. The number of carbonyl (C=O) groups is 4. The Bertz CT molecular complexity index is 775. The molecule has 2 aliphatic heterocycles. The van der Waals surface area contributed by atoms with Gasteiger partial charge in [0, 0.05) is 0 Å². The Hall–Kier alpha value is -2.20. The third-order valence-corrected chi connectivity index (χ3v) is 8.01. The molecule has 2 aliphatic carbocycles. The molecule has 4 rings (SSSR count). The highest BCUT2D eigenvalue weighted by Gasteiger charge is 2.54. The van der Waals surface area contributed by atoms with E-state index in [1.165, 1.54) is 0 Å². The summed E-state index contributed by atoms with van der Waals surface area (Å²) in [6, 6.07) is 0. The van der Waals surface area contributed by atoms with Gasteiger partial charge >= 0.3 is 23.9 Å². The van der Waals surface area contributed by atoms with Crippen LogP contribution in [-0.4, -0.2) is 74.7 Å². The van der Waals surface area contributed by atoms with E-state index < -0.39 is 35.6 Å². The third kappa shape index (κ3) is 7.68. The Labute approximate surface area is 224 Å². The number of rotatable bonds is 15. The van der Waals surface area contributed by atoms with Crippen LogP contribution >= 0.6 is 0 Å². The first kappa shape index (κ1) is 28.8. The smallest absolute Gasteiger partial charge is 0.309 e. The normalized spacial score (nSPS) is 32.8. The van der Waals surface area contributed by atoms with Crippen LogP contribution in [0.25, 0.3) is 0 Å². The summed E-state index contributed by atoms with van der Waals surface area (Å²) < 4.78 is 32.8. The zero-order chi connectivity index (χ0) is 27.1. The summed E-state index contributed by atoms with van der Waals surface area (Å²) in [4.78, 5) is 50.6. The number of carbonyl (C=O) groups excluding carboxylic acids is 4. The fourth-order valence-corrected chi connectivity index (χ4v) is 5.50. The minimum absolute atomic E-state index is 0.0236. The zero-order valence-electron chi connectivity index (χ0n) is 22.6. The molecule has 10 heteroatoms. The molecule has 0 aromatic rings. The molecule has 0 spiro atoms. The van der Waals surface area contributed by atoms with Crippen LogP contribution in [-0.2, 0) is 47.6 Å². The quantitative estimate of drug-likeness (QED) is 0.133. The lowest BCUT2D eigenvalue weighted by molar-refractivity contribution is -0.163. The highest BCUT2D eigenvalue weighted by atomic mass is 16.6. The second-order valence-corrected chi connectivity index (χ2v) is 10.9. The Kier molecular flexibility index (Phi) is 10.4. The van der Waals surface area contributed by atoms with E-state index in [4.69, 9.17) is 28.4 Å². The summed E-state index contributed by atoms with van der Waals surface area (Å²) in [5.74, 6) is -3.68. The summed E-state index contributed by atoms with van der Waals surface area (Å²) in [6.07, 6.45) is 6.52. The number of hydrogen-bond donors (Lipinski definition) is 0. The minimum Gasteiger partial charge on any atom is -0.465 e. The van der Waals surface area contributed by atoms with E-state index in [1.807, 2.05) is 13.8 Å². The van der Waals surface area contributed by atoms with Crippen molar-refractivity contribution in [1.29, 1.82) is 0 Å². The van der Waals surface area contributed by atoms with Crippen molar-refractivity contribution >= 4 is 23.9 Å². The fourth-order valence-electron chi connectivity index (χ4n) is 5.50. The van der Waals surface area contributed by atoms with Crippen molar-refractivity contribution in [2.24, 2.45) is 23.7 Å². The average Bonchev–Trinajstić information content (AvgIpc) is 3.83. The first-order valence-electron chi connectivity index (χ1n) is 14.4. The van der Waals surface area contributed by atoms with E-state index in [1.54, 1.807) is 0 Å². The number of fused-ring (bicyclic) bond motifs is 2. The number of esters is 4. The lowest BCUT2D eigenvalue weighted by Gasteiger charge is -2.26. The molecular weight excluding hydrogens is 496 g/mol. The first-order valence-corrected chi connectivity index (χ1v) is 14.4. The summed E-state index contributed by atoms with van der Waals surface area (Å²) >= 11 is 0. The van der Waals surface area contributed by atoms with Crippen LogP contribution in [0.1, 0.15) is 78.1 Å². The largest absolute Gasteiger partial charge is 0.465 e. The van der Waals surface area contributed by atoms with Crippen molar-refractivity contribution in [1.82, 2.24) is 0 Å². The molecule has 10 nitrogen and oxygen atoms in total. The van der Waals surface area contributed by atoms with Gasteiger partial charge in [0.15, 0.2) is 0 Å². The van der Waals surface area contributed by atoms with Crippen LogP contribution < -0.4 is 0 Å². The predicted molar refractivity (Wildman–Crippen MR) is 133 cm³/mol. The highest BCUT2D eigenvalue weighted by Crippen LogP contribution is 2.45. The monoisotopic (exact) mass is 538 g/mol. The van der Waals surface area contributed by atoms with Crippen LogP contribution in [0.3, 0.4) is 0 Å². The molecule has 0 radical (unpaired) electrons. The Morgan fingerprint density at radius 3 is 1.03 bits per heavy atom. The van der Waals surface area contributed by atoms with Gasteiger partial charge in [0.2, 0.25) is 0 Å². The van der Waals surface area contributed by atoms with Gasteiger partial charge in [0.1, 0.15) is 0 Å². The van der Waals surface area contributed by atoms with Crippen molar-refractivity contribution in [3.63, 3.8) is 0 Å². The van der Waals surface area contributed by atoms with Crippen LogP contribution in [0.15, 0.2) is 0 Å². The Morgan fingerprint density at radius 2 is 0.763 bits per heavy atom. The van der Waals surface area contributed by atoms with E-state index >= 15 is 0 Å². The summed E-state index contributed by atoms with van der Waals surface area (Å²) in [7, 11) is 0. The molecule has 38 heavy (non-hydrogen) atoms. The maximum absolute atomic E-state index is 12.8. The van der Waals surface area contributed by atoms with Gasteiger partial charge < -0.3 is 28.4 Å². The zero-order valence-corrected chi connectivity index (χ0v) is 22.6. The molecule has 214 valence electrons. The Morgan fingerprint density at radius 1 is 0.500 bits per heavy atom. The number of epoxide rings is 2. The summed E-state index contributed by atoms with van der Waals surface area (Å²) in [5, 5.41) is 0. The number of ether oxygens (including phenoxy) is 6. The van der Waals surface area contributed by atoms with Crippen LogP contribution in [0.2, 0.25) is 0 Å². The summed E-state index contributed by atoms with van der Waals surface area (Å²) in [6.45, 7) is 5.11. The van der Waals surface area contributed by atoms with Crippen molar-refractivity contribution in [2.75, 3.05) is 26.4 Å². The predicted octanol–water partition coefficient (Wildman–Crippen LogP) is 3.13. The third-order valence-electron chi connectivity index (χ3n) is 8.01. The van der Waals surface area contributed by atoms with E-state index in [0.29, 0.717) is 51.7 Å². The lowest BCUT2D eigenvalue weighted by Crippen LogP contribution is -2.38. The van der Waals surface area contributed by atoms with Crippen molar-refractivity contribution in [3.05, 3.63) is 0 Å². The molecule has 2 saturated carbocycles. The molecule has 8 atom stereocenters. The minimum atomic E-state index is -0.556. The van der Waals surface area contributed by atoms with Gasteiger partial charge in [0.25, 0.3) is 0 Å². The second-order valence-electron chi connectivity index (χ2n) is 10.9. The van der Waals surface area contributed by atoms with Gasteiger partial charge in [-0.3, -0.25) is 19.2 Å². The number of hydrogen-bond acceptors (Lipinski definition) is 10. The fraction of sp³-hybridized carbons (Fsp3) is 0.857. The first-order chi connectivity index (χ1) is 18.4. The van der Waals surface area contributed by atoms with Gasteiger partial charge in [-0.15, -0.1) is 0 Å². The maximum Gasteiger partial charge on any atom is 0.309 e. The molecule has 0 bridgehead atoms. The van der Waals surface area contributed by atoms with E-state index in [2.05, 4.69) is 0 Å². The van der Waals surface area contributed by atoms with Crippen LogP contribution in [0.4, 0.5) is 0 Å². The standard InChI is InChI=1S/C28H42O10/c1-3-5-9-33-25(29)17-13-21-23(37-21)15-19(17)27(31)35-11-7-8-12-36-28(32)20-16-24-22(38-24)14-18(20)26(30)34-10-6-4-2/h17-24H,3-16H2,1-2H3/t17-,18+,19+,20-,21-,22-,23+,24-/m0/s1. The van der Waals surface area contributed by atoms with Gasteiger partial charge in [0.05, 0.1) is 74.5 Å². The maximum atomic E-state index is 12.8. The molecule has 4 aliphatic rings. The average molecular weight is 539 g/mol. The van der Waals surface area contributed by atoms with Crippen molar-refractivity contribution in [3.8, 4) is 0 Å². The molecule has 2 saturated heterocycles. The van der Waals surface area contributed by atoms with Crippen LogP contribution in [0, 0.1) is 23.7 Å².